The molecule has 0 fully saturated rings. The van der Waals surface area contributed by atoms with E-state index in [-0.39, 0.29) is 18.2 Å². The molecule has 0 atom stereocenters. The van der Waals surface area contributed by atoms with E-state index in [9.17, 15) is 4.39 Å². The van der Waals surface area contributed by atoms with Gasteiger partial charge < -0.3 is 5.11 Å². The highest BCUT2D eigenvalue weighted by Crippen LogP contribution is 2.11. The van der Waals surface area contributed by atoms with Crippen molar-refractivity contribution in [2.24, 2.45) is 0 Å². The van der Waals surface area contributed by atoms with Crippen LogP contribution in [0.3, 0.4) is 0 Å². The summed E-state index contributed by atoms with van der Waals surface area (Å²) in [4.78, 5) is 0. The van der Waals surface area contributed by atoms with Gasteiger partial charge in [0.2, 0.25) is 0 Å². The summed E-state index contributed by atoms with van der Waals surface area (Å²) >= 11 is 2.05. The molecule has 1 aromatic carbocycles. The summed E-state index contributed by atoms with van der Waals surface area (Å²) < 4.78 is 13.4. The van der Waals surface area contributed by atoms with Crippen LogP contribution in [0.1, 0.15) is 19.8 Å². The van der Waals surface area contributed by atoms with E-state index in [0.29, 0.717) is 0 Å². The zero-order chi connectivity index (χ0) is 10.1. The Morgan fingerprint density at radius 2 is 1.93 bits per heavy atom. The van der Waals surface area contributed by atoms with Gasteiger partial charge in [-0.15, -0.1) is 12.4 Å². The molecule has 0 unspecified atom stereocenters. The average molecular weight is 230 g/mol. The number of aromatic hydroxyl groups is 1. The Kier molecular flexibility index (Phi) is 13.0. The Morgan fingerprint density at radius 1 is 1.36 bits per heavy atom. The van der Waals surface area contributed by atoms with Crippen LogP contribution in [0, 0.1) is 5.82 Å². The topological polar surface area (TPSA) is 20.2 Å². The molecule has 4 heteroatoms. The Bertz CT molecular complexity index is 210. The smallest absolute Gasteiger partial charge is 0.505 e. The van der Waals surface area contributed by atoms with Crippen molar-refractivity contribution in [3.8, 4) is 5.75 Å². The van der Waals surface area contributed by atoms with Gasteiger partial charge in [0.1, 0.15) is 0 Å². The van der Waals surface area contributed by atoms with Crippen molar-refractivity contribution < 1.29 is 9.50 Å². The Morgan fingerprint density at radius 3 is 2.14 bits per heavy atom. The molecule has 0 amide bonds. The van der Waals surface area contributed by atoms with Gasteiger partial charge in [-0.05, 0) is 18.6 Å². The summed E-state index contributed by atoms with van der Waals surface area (Å²) in [7, 11) is 0. The van der Waals surface area contributed by atoms with Crippen molar-refractivity contribution in [1.29, 1.82) is 0 Å². The first-order valence-electron chi connectivity index (χ1n) is 4.45. The fraction of sp³-hybridized carbons (Fsp3) is 0.400. The van der Waals surface area contributed by atoms with Crippen LogP contribution in [-0.4, -0.2) is 26.8 Å². The molecule has 0 heterocycles. The lowest BCUT2D eigenvalue weighted by Gasteiger charge is -1.88. The molecule has 0 bridgehead atoms. The highest BCUT2D eigenvalue weighted by Gasteiger charge is 2.19. The third kappa shape index (κ3) is 8.60. The Labute approximate surface area is 104 Å². The predicted molar refractivity (Wildman–Crippen MR) is 60.8 cm³/mol. The second-order valence-corrected chi connectivity index (χ2v) is 3.37. The summed E-state index contributed by atoms with van der Waals surface area (Å²) in [6.45, 7) is 2.22. The molecule has 14 heavy (non-hydrogen) atoms. The first kappa shape index (κ1) is 16.4. The molecule has 1 nitrogen and oxygen atoms in total. The summed E-state index contributed by atoms with van der Waals surface area (Å²) in [5.41, 5.74) is 0. The number of hydrogen-bond acceptors (Lipinski definition) is 1. The molecule has 0 aliphatic rings. The van der Waals surface area contributed by atoms with E-state index >= 15 is 0 Å². The van der Waals surface area contributed by atoms with Crippen molar-refractivity contribution in [3.63, 3.8) is 0 Å². The number of benzene rings is 1. The normalized spacial score (nSPS) is 8.21. The third-order valence-electron chi connectivity index (χ3n) is 1.46. The molecule has 0 aromatic heterocycles. The lowest BCUT2D eigenvalue weighted by atomic mass is 10.3. The highest BCUT2D eigenvalue weighted by molar-refractivity contribution is 6.08. The van der Waals surface area contributed by atoms with Gasteiger partial charge in [-0.2, -0.15) is 0 Å². The summed E-state index contributed by atoms with van der Waals surface area (Å²) in [5, 5.41) is 8.54. The average Bonchev–Trinajstić information content (AvgIpc) is 2.13. The molecule has 0 aliphatic heterocycles. The largest absolute Gasteiger partial charge is 1.41 e. The van der Waals surface area contributed by atoms with Crippen molar-refractivity contribution >= 4 is 34.1 Å². The second kappa shape index (κ2) is 11.1. The van der Waals surface area contributed by atoms with Crippen LogP contribution in [0.2, 0.25) is 4.55 Å². The zero-order valence-corrected chi connectivity index (χ0v) is 10.6. The van der Waals surface area contributed by atoms with E-state index in [1.807, 2.05) is 21.7 Å². The first-order valence-corrected chi connectivity index (χ1v) is 5.45. The van der Waals surface area contributed by atoms with E-state index in [4.69, 9.17) is 5.11 Å². The SMILES string of the molecule is CCC[CH2][Mg+2].Cl.Oc1ccccc1F. The zero-order valence-electron chi connectivity index (χ0n) is 8.37. The van der Waals surface area contributed by atoms with Crippen LogP contribution < -0.4 is 0 Å². The lowest BCUT2D eigenvalue weighted by Crippen LogP contribution is -1.70. The van der Waals surface area contributed by atoms with Crippen LogP contribution in [0.15, 0.2) is 24.3 Å². The van der Waals surface area contributed by atoms with E-state index in [1.165, 1.54) is 35.6 Å². The molecule has 1 rings (SSSR count). The third-order valence-corrected chi connectivity index (χ3v) is 1.96. The van der Waals surface area contributed by atoms with Gasteiger partial charge >= 0.3 is 21.7 Å². The minimum Gasteiger partial charge on any atom is -0.505 e. The molecule has 0 aliphatic carbocycles. The maximum absolute atomic E-state index is 12.1. The molecule has 7 radical (unpaired) electrons. The molecule has 0 saturated carbocycles. The minimum atomic E-state index is -0.576. The molecule has 0 saturated heterocycles. The summed E-state index contributed by atoms with van der Waals surface area (Å²) in [6, 6.07) is 5.60. The number of rotatable bonds is 2. The van der Waals surface area contributed by atoms with Crippen molar-refractivity contribution in [1.82, 2.24) is 0 Å². The second-order valence-electron chi connectivity index (χ2n) is 2.66. The van der Waals surface area contributed by atoms with Gasteiger partial charge in [0.05, 0.1) is 0 Å². The number of unbranched alkanes of at least 4 members (excludes halogenated alkanes) is 1. The molecule has 75 valence electrons. The van der Waals surface area contributed by atoms with Gasteiger partial charge in [-0.3, -0.25) is 0 Å². The van der Waals surface area contributed by atoms with E-state index < -0.39 is 5.82 Å². The van der Waals surface area contributed by atoms with E-state index in [2.05, 4.69) is 6.92 Å². The maximum atomic E-state index is 12.1. The Balaban J connectivity index is 0. The fourth-order valence-electron chi connectivity index (χ4n) is 0.702. The number of hydrogen-bond donors (Lipinski definition) is 1. The molecule has 0 spiro atoms. The fourth-order valence-corrected chi connectivity index (χ4v) is 1.20. The minimum absolute atomic E-state index is 0. The van der Waals surface area contributed by atoms with Crippen LogP contribution in [0.5, 0.6) is 5.75 Å². The van der Waals surface area contributed by atoms with Gasteiger partial charge in [-0.1, -0.05) is 19.1 Å². The first-order chi connectivity index (χ1) is 6.22. The highest BCUT2D eigenvalue weighted by atomic mass is 35.5. The van der Waals surface area contributed by atoms with Gasteiger partial charge in [-0.25, -0.2) is 4.39 Å². The monoisotopic (exact) mass is 229 g/mol. The van der Waals surface area contributed by atoms with Crippen LogP contribution in [0.25, 0.3) is 0 Å². The number of phenols is 1. The summed E-state index contributed by atoms with van der Waals surface area (Å²) in [5.74, 6) is -0.875. The van der Waals surface area contributed by atoms with Crippen LogP contribution in [-0.2, 0) is 0 Å². The molecular weight excluding hydrogens is 215 g/mol. The number of para-hydroxylation sites is 1. The van der Waals surface area contributed by atoms with Crippen molar-refractivity contribution in [2.75, 3.05) is 0 Å². The quantitative estimate of drug-likeness (QED) is 0.772. The molecular formula is C10H15ClFMgO+2. The Hall–Kier alpha value is 0.00623. The summed E-state index contributed by atoms with van der Waals surface area (Å²) in [6.07, 6.45) is 2.75. The van der Waals surface area contributed by atoms with E-state index in [1.54, 1.807) is 6.07 Å². The molecule has 1 N–H and O–H groups in total. The van der Waals surface area contributed by atoms with Crippen molar-refractivity contribution in [3.05, 3.63) is 30.1 Å². The number of phenolic OH excluding ortho intramolecular Hbond substituents is 1. The van der Waals surface area contributed by atoms with Crippen LogP contribution >= 0.6 is 12.4 Å². The van der Waals surface area contributed by atoms with Crippen molar-refractivity contribution in [2.45, 2.75) is 24.3 Å². The van der Waals surface area contributed by atoms with E-state index in [0.717, 1.165) is 0 Å². The molecule has 1 aromatic rings. The van der Waals surface area contributed by atoms with Gasteiger partial charge in [0.15, 0.2) is 11.6 Å². The van der Waals surface area contributed by atoms with Gasteiger partial charge in [0.25, 0.3) is 4.55 Å². The maximum Gasteiger partial charge on any atom is 1.41 e. The predicted octanol–water partition coefficient (Wildman–Crippen LogP) is 3.33. The van der Waals surface area contributed by atoms with Crippen LogP contribution in [0.4, 0.5) is 4.39 Å². The standard InChI is InChI=1S/C6H5FO.C4H9.ClH.Mg/c7-5-3-1-2-4-6(5)8;1-3-4-2;;/h1-4,8H;1,3-4H2,2H3;1H;/q;;;+2. The lowest BCUT2D eigenvalue weighted by molar-refractivity contribution is 0.432. The number of halogens is 2. The van der Waals surface area contributed by atoms with Gasteiger partial charge in [0, 0.05) is 6.42 Å².